The lowest BCUT2D eigenvalue weighted by molar-refractivity contribution is 1.14. The summed E-state index contributed by atoms with van der Waals surface area (Å²) in [7, 11) is 0. The number of para-hydroxylation sites is 2. The number of nitrogens with zero attached hydrogens (tertiary/aromatic N) is 4. The molecule has 15 aromatic rings. The Hall–Kier alpha value is -9.56. The van der Waals surface area contributed by atoms with Gasteiger partial charge in [-0.15, -0.1) is 22.7 Å². The van der Waals surface area contributed by atoms with Crippen molar-refractivity contribution in [3.05, 3.63) is 247 Å². The molecule has 0 spiro atoms. The Bertz CT molecular complexity index is 5710. The van der Waals surface area contributed by atoms with Crippen LogP contribution in [0.5, 0.6) is 0 Å². The second-order valence-electron chi connectivity index (χ2n) is 17.5. The van der Waals surface area contributed by atoms with Crippen LogP contribution in [0, 0.1) is 17.9 Å². The summed E-state index contributed by atoms with van der Waals surface area (Å²) in [6.45, 7) is 9.52. The second kappa shape index (κ2) is 16.5. The van der Waals surface area contributed by atoms with Crippen molar-refractivity contribution in [3.63, 3.8) is 0 Å². The van der Waals surface area contributed by atoms with Crippen molar-refractivity contribution in [2.24, 2.45) is 0 Å². The van der Waals surface area contributed by atoms with Crippen LogP contribution in [0.3, 0.4) is 0 Å². The van der Waals surface area contributed by atoms with E-state index in [0.717, 1.165) is 35.9 Å². The largest absolute Gasteiger partial charge is 0.318 e. The summed E-state index contributed by atoms with van der Waals surface area (Å²) in [4.78, 5) is 4.09. The fraction of sp³-hybridized carbons (Fsp3) is 0. The number of fused-ring (bicyclic) bond motifs is 14. The molecule has 0 aliphatic heterocycles. The quantitative estimate of drug-likeness (QED) is 0.153. The first-order valence-electron chi connectivity index (χ1n) is 32.2. The minimum Gasteiger partial charge on any atom is -0.318 e. The summed E-state index contributed by atoms with van der Waals surface area (Å²) >= 11 is 2.77. The molecule has 0 atom stereocenters. The van der Waals surface area contributed by atoms with E-state index < -0.39 is 175 Å². The Morgan fingerprint density at radius 1 is 0.446 bits per heavy atom. The molecule has 4 nitrogen and oxygen atoms in total. The van der Waals surface area contributed by atoms with Crippen molar-refractivity contribution in [1.29, 1.82) is 5.26 Å². The van der Waals surface area contributed by atoms with Crippen LogP contribution in [-0.4, -0.2) is 9.13 Å². The van der Waals surface area contributed by atoms with Gasteiger partial charge in [-0.25, -0.2) is 4.85 Å². The van der Waals surface area contributed by atoms with Crippen molar-refractivity contribution in [2.75, 3.05) is 0 Å². The summed E-state index contributed by atoms with van der Waals surface area (Å²) in [6.07, 6.45) is 0. The maximum absolute atomic E-state index is 12.7. The van der Waals surface area contributed by atoms with Crippen LogP contribution in [0.25, 0.3) is 145 Å². The highest BCUT2D eigenvalue weighted by molar-refractivity contribution is 7.27. The lowest BCUT2D eigenvalue weighted by atomic mass is 9.88. The van der Waals surface area contributed by atoms with Gasteiger partial charge >= 0.3 is 0 Å². The first-order valence-corrected chi connectivity index (χ1v) is 24.8. The smallest absolute Gasteiger partial charge is 0.220 e. The summed E-state index contributed by atoms with van der Waals surface area (Å²) in [5.41, 5.74) is -2.88. The molecule has 6 heteroatoms. The van der Waals surface area contributed by atoms with Crippen molar-refractivity contribution in [3.8, 4) is 62.0 Å². The number of hydrogen-bond donors (Lipinski definition) is 0. The zero-order chi connectivity index (χ0) is 64.7. The zero-order valence-corrected chi connectivity index (χ0v) is 39.8. The molecule has 342 valence electrons. The minimum atomic E-state index is -0.909. The number of nitriles is 1. The number of thiophene rings is 2. The Labute approximate surface area is 458 Å². The van der Waals surface area contributed by atoms with E-state index in [1.165, 1.54) is 22.7 Å². The predicted molar refractivity (Wildman–Crippen MR) is 314 cm³/mol. The van der Waals surface area contributed by atoms with Crippen LogP contribution in [0.4, 0.5) is 5.69 Å². The first kappa shape index (κ1) is 27.9. The predicted octanol–water partition coefficient (Wildman–Crippen LogP) is 19.7. The Balaban J connectivity index is 1.39. The van der Waals surface area contributed by atoms with E-state index >= 15 is 0 Å². The Kier molecular flexibility index (Phi) is 6.22. The molecule has 4 heterocycles. The fourth-order valence-corrected chi connectivity index (χ4v) is 13.3. The first-order chi connectivity index (χ1) is 44.2. The molecule has 0 aliphatic rings. The molecular formula is C68H38N4S2. The molecule has 0 unspecified atom stereocenters. The van der Waals surface area contributed by atoms with Crippen LogP contribution in [-0.2, 0) is 0 Å². The van der Waals surface area contributed by atoms with Gasteiger partial charge in [0.25, 0.3) is 0 Å². The molecular weight excluding hydrogens is 937 g/mol. The molecule has 0 bridgehead atoms. The molecule has 11 aromatic carbocycles. The third-order valence-corrected chi connectivity index (χ3v) is 16.2. The molecule has 0 radical (unpaired) electrons. The van der Waals surface area contributed by atoms with Crippen molar-refractivity contribution in [2.45, 2.75) is 0 Å². The number of rotatable bonds is 6. The molecule has 15 rings (SSSR count). The van der Waals surface area contributed by atoms with Gasteiger partial charge in [0.15, 0.2) is 0 Å². The molecule has 74 heavy (non-hydrogen) atoms. The molecule has 0 saturated carbocycles. The average molecular weight is 993 g/mol. The lowest BCUT2D eigenvalue weighted by Gasteiger charge is -2.26. The molecule has 0 fully saturated rings. The van der Waals surface area contributed by atoms with Crippen molar-refractivity contribution >= 4 is 112 Å². The minimum absolute atomic E-state index is 0.351. The van der Waals surface area contributed by atoms with E-state index in [0.29, 0.717) is 53.1 Å². The van der Waals surface area contributed by atoms with E-state index in [-0.39, 0.29) is 0 Å². The monoisotopic (exact) mass is 992 g/mol. The van der Waals surface area contributed by atoms with Gasteiger partial charge in [0.2, 0.25) is 5.69 Å². The van der Waals surface area contributed by atoms with Gasteiger partial charge in [-0.2, -0.15) is 5.26 Å². The van der Waals surface area contributed by atoms with Crippen molar-refractivity contribution in [1.82, 2.24) is 9.13 Å². The van der Waals surface area contributed by atoms with Crippen LogP contribution in [0.2, 0.25) is 0 Å². The van der Waals surface area contributed by atoms with Gasteiger partial charge in [-0.05, 0) is 69.7 Å². The van der Waals surface area contributed by atoms with E-state index in [1.807, 2.05) is 109 Å². The normalized spacial score (nSPS) is 15.2. The highest BCUT2D eigenvalue weighted by atomic mass is 32.1. The van der Waals surface area contributed by atoms with Gasteiger partial charge in [0.05, 0.1) is 79.7 Å². The Morgan fingerprint density at radius 3 is 1.38 bits per heavy atom. The van der Waals surface area contributed by atoms with Crippen molar-refractivity contribution < 1.29 is 24.7 Å². The Morgan fingerprint density at radius 2 is 0.892 bits per heavy atom. The summed E-state index contributed by atoms with van der Waals surface area (Å²) in [5.74, 6) is 0. The molecule has 4 aromatic heterocycles. The second-order valence-corrected chi connectivity index (χ2v) is 19.6. The van der Waals surface area contributed by atoms with Gasteiger partial charge in [0.1, 0.15) is 6.07 Å². The summed E-state index contributed by atoms with van der Waals surface area (Å²) in [6, 6.07) is 25.4. The highest BCUT2D eigenvalue weighted by Crippen LogP contribution is 2.57. The van der Waals surface area contributed by atoms with Crippen LogP contribution in [0.1, 0.15) is 30.2 Å². The maximum Gasteiger partial charge on any atom is 0.220 e. The molecule has 0 amide bonds. The van der Waals surface area contributed by atoms with E-state index in [4.69, 9.17) is 5.48 Å². The van der Waals surface area contributed by atoms with Gasteiger partial charge < -0.3 is 9.13 Å². The molecule has 0 aliphatic carbocycles. The van der Waals surface area contributed by atoms with Crippen LogP contribution in [0.15, 0.2) is 230 Å². The fourth-order valence-electron chi connectivity index (χ4n) is 10.9. The summed E-state index contributed by atoms with van der Waals surface area (Å²) < 4.78 is 176. The number of hydrogen-bond acceptors (Lipinski definition) is 3. The van der Waals surface area contributed by atoms with Gasteiger partial charge in [-0.1, -0.05) is 194 Å². The zero-order valence-electron chi connectivity index (χ0n) is 56.2. The van der Waals surface area contributed by atoms with Crippen LogP contribution < -0.4 is 0 Å². The SMILES string of the molecule is [2H]c1c([2H])c([2H])c(-c2c(C#N)c(-n3c4c5sc6ccccc6c5cc(-c5ccccc5)c4c4c(-c5ccccc5)cc5c6ccccc6sc5c43)c(-c3c([2H])c([2H])c([2H])c([2H])c3[2H])c(-n3c4c([2H])c([2H])c([2H])c([2H])c4c4c([2H])c([2H])c([2H])c([2H])c43)c2[N+]#[C-])c([2H])c1[2H]. The lowest BCUT2D eigenvalue weighted by Crippen LogP contribution is -2.09. The standard InChI is InChI=1S/C68H38N4S2/c1-70-62-58(43-26-10-4-11-27-43)53(40-69)63(59(44-28-12-5-13-29-44)64(62)71-54-34-18-14-30-45(54)46-31-15-19-35-55(46)71)72-65-60(49(41-22-6-2-7-23-41)38-51-47-32-16-20-36-56(47)73-67(51)65)61-50(42-24-8-3-9-25-42)39-52-48-33-17-21-37-57(48)74-68(52)66(61)72/h2-39H/i4D,5D,10D,11D,12D,13D,14D,15D,18D,19D,26D,27D,28D,29D,30D,31D,34D,35D. The highest BCUT2D eigenvalue weighted by Gasteiger charge is 2.34. The third kappa shape index (κ3) is 5.99. The van der Waals surface area contributed by atoms with E-state index in [9.17, 15) is 31.0 Å². The topological polar surface area (TPSA) is 38.0 Å². The van der Waals surface area contributed by atoms with Crippen LogP contribution >= 0.6 is 22.7 Å². The molecule has 0 saturated heterocycles. The van der Waals surface area contributed by atoms with E-state index in [2.05, 4.69) is 23.0 Å². The van der Waals surface area contributed by atoms with Gasteiger partial charge in [0, 0.05) is 63.6 Å². The third-order valence-electron chi connectivity index (χ3n) is 13.8. The number of benzene rings is 11. The molecule has 0 N–H and O–H groups in total. The maximum atomic E-state index is 12.7. The number of aromatic nitrogens is 2. The summed E-state index contributed by atoms with van der Waals surface area (Å²) in [5, 5.41) is 15.9. The average Bonchev–Trinajstić information content (AvgIpc) is 1.47. The van der Waals surface area contributed by atoms with E-state index in [1.54, 1.807) is 4.57 Å². The van der Waals surface area contributed by atoms with Gasteiger partial charge in [-0.3, -0.25) is 0 Å².